The summed E-state index contributed by atoms with van der Waals surface area (Å²) in [6.07, 6.45) is 2.32. The SMILES string of the molecule is CCC(C(N)c1ccccc1)N1CCC(COC)C1. The molecule has 0 saturated carbocycles. The minimum Gasteiger partial charge on any atom is -0.384 e. The Labute approximate surface area is 116 Å². The summed E-state index contributed by atoms with van der Waals surface area (Å²) in [5.74, 6) is 0.669. The summed E-state index contributed by atoms with van der Waals surface area (Å²) < 4.78 is 5.27. The van der Waals surface area contributed by atoms with E-state index in [2.05, 4.69) is 36.1 Å². The Morgan fingerprint density at radius 1 is 1.37 bits per heavy atom. The number of nitrogens with two attached hydrogens (primary N) is 1. The summed E-state index contributed by atoms with van der Waals surface area (Å²) in [6.45, 7) is 5.37. The van der Waals surface area contributed by atoms with Crippen LogP contribution in [-0.2, 0) is 4.74 Å². The van der Waals surface area contributed by atoms with E-state index in [1.807, 2.05) is 6.07 Å². The summed E-state index contributed by atoms with van der Waals surface area (Å²) >= 11 is 0. The summed E-state index contributed by atoms with van der Waals surface area (Å²) in [4.78, 5) is 2.54. The first-order valence-electron chi connectivity index (χ1n) is 7.29. The van der Waals surface area contributed by atoms with Crippen LogP contribution in [0.2, 0.25) is 0 Å². The Hall–Kier alpha value is -0.900. The van der Waals surface area contributed by atoms with Crippen molar-refractivity contribution < 1.29 is 4.74 Å². The molecule has 3 atom stereocenters. The van der Waals surface area contributed by atoms with Crippen molar-refractivity contribution >= 4 is 0 Å². The van der Waals surface area contributed by atoms with E-state index in [9.17, 15) is 0 Å². The average Bonchev–Trinajstić information content (AvgIpc) is 2.89. The molecule has 19 heavy (non-hydrogen) atoms. The van der Waals surface area contributed by atoms with Crippen molar-refractivity contribution in [2.45, 2.75) is 31.8 Å². The van der Waals surface area contributed by atoms with Crippen LogP contribution >= 0.6 is 0 Å². The molecule has 1 fully saturated rings. The molecule has 0 aromatic heterocycles. The highest BCUT2D eigenvalue weighted by atomic mass is 16.5. The number of methoxy groups -OCH3 is 1. The lowest BCUT2D eigenvalue weighted by Crippen LogP contribution is -2.41. The molecule has 3 nitrogen and oxygen atoms in total. The van der Waals surface area contributed by atoms with E-state index < -0.39 is 0 Å². The second kappa shape index (κ2) is 7.04. The number of hydrogen-bond acceptors (Lipinski definition) is 3. The molecule has 0 radical (unpaired) electrons. The van der Waals surface area contributed by atoms with Crippen LogP contribution in [0.4, 0.5) is 0 Å². The molecule has 0 spiro atoms. The lowest BCUT2D eigenvalue weighted by Gasteiger charge is -2.32. The molecular formula is C16H26N2O. The van der Waals surface area contributed by atoms with Gasteiger partial charge in [-0.25, -0.2) is 0 Å². The van der Waals surface area contributed by atoms with E-state index in [-0.39, 0.29) is 6.04 Å². The number of nitrogens with zero attached hydrogens (tertiary/aromatic N) is 1. The first-order chi connectivity index (χ1) is 9.26. The zero-order chi connectivity index (χ0) is 13.7. The fraction of sp³-hybridized carbons (Fsp3) is 0.625. The second-order valence-electron chi connectivity index (χ2n) is 5.52. The van der Waals surface area contributed by atoms with E-state index in [4.69, 9.17) is 10.5 Å². The van der Waals surface area contributed by atoms with E-state index >= 15 is 0 Å². The molecule has 0 bridgehead atoms. The van der Waals surface area contributed by atoms with Crippen molar-refractivity contribution in [3.63, 3.8) is 0 Å². The quantitative estimate of drug-likeness (QED) is 0.855. The molecule has 1 aliphatic rings. The van der Waals surface area contributed by atoms with Crippen molar-refractivity contribution in [3.05, 3.63) is 35.9 Å². The molecule has 0 amide bonds. The molecule has 1 heterocycles. The van der Waals surface area contributed by atoms with Gasteiger partial charge >= 0.3 is 0 Å². The van der Waals surface area contributed by atoms with E-state index in [1.54, 1.807) is 7.11 Å². The molecular weight excluding hydrogens is 236 g/mol. The summed E-state index contributed by atoms with van der Waals surface area (Å²) in [5, 5.41) is 0. The Bertz CT molecular complexity index is 368. The molecule has 3 unspecified atom stereocenters. The molecule has 1 aromatic carbocycles. The second-order valence-corrected chi connectivity index (χ2v) is 5.52. The molecule has 1 aromatic rings. The maximum absolute atomic E-state index is 6.48. The standard InChI is InChI=1S/C16H26N2O/c1-3-15(16(17)14-7-5-4-6-8-14)18-10-9-13(11-18)12-19-2/h4-8,13,15-16H,3,9-12,17H2,1-2H3. The molecule has 1 aliphatic heterocycles. The predicted molar refractivity (Wildman–Crippen MR) is 79.0 cm³/mol. The van der Waals surface area contributed by atoms with Gasteiger partial charge in [0.05, 0.1) is 6.61 Å². The molecule has 106 valence electrons. The largest absolute Gasteiger partial charge is 0.384 e. The van der Waals surface area contributed by atoms with Gasteiger partial charge in [0.15, 0.2) is 0 Å². The third kappa shape index (κ3) is 3.56. The average molecular weight is 262 g/mol. The van der Waals surface area contributed by atoms with Gasteiger partial charge in [-0.3, -0.25) is 4.90 Å². The predicted octanol–water partition coefficient (Wildman–Crippen LogP) is 2.43. The normalized spacial score (nSPS) is 23.4. The van der Waals surface area contributed by atoms with Crippen LogP contribution in [0.1, 0.15) is 31.4 Å². The molecule has 1 saturated heterocycles. The Morgan fingerprint density at radius 3 is 2.74 bits per heavy atom. The smallest absolute Gasteiger partial charge is 0.0503 e. The summed E-state index contributed by atoms with van der Waals surface area (Å²) in [5.41, 5.74) is 7.72. The van der Waals surface area contributed by atoms with E-state index in [1.165, 1.54) is 12.0 Å². The van der Waals surface area contributed by atoms with Gasteiger partial charge < -0.3 is 10.5 Å². The maximum Gasteiger partial charge on any atom is 0.0503 e. The minimum absolute atomic E-state index is 0.104. The van der Waals surface area contributed by atoms with Crippen molar-refractivity contribution in [2.24, 2.45) is 11.7 Å². The van der Waals surface area contributed by atoms with Gasteiger partial charge in [-0.05, 0) is 30.9 Å². The lowest BCUT2D eigenvalue weighted by atomic mass is 9.97. The number of ether oxygens (including phenoxy) is 1. The highest BCUT2D eigenvalue weighted by Gasteiger charge is 2.30. The maximum atomic E-state index is 6.48. The number of benzene rings is 1. The fourth-order valence-electron chi connectivity index (χ4n) is 3.17. The van der Waals surface area contributed by atoms with Crippen LogP contribution in [0.5, 0.6) is 0 Å². The van der Waals surface area contributed by atoms with Gasteiger partial charge in [0.25, 0.3) is 0 Å². The van der Waals surface area contributed by atoms with Gasteiger partial charge in [0.2, 0.25) is 0 Å². The first-order valence-corrected chi connectivity index (χ1v) is 7.29. The molecule has 2 N–H and O–H groups in total. The highest BCUT2D eigenvalue weighted by Crippen LogP contribution is 2.27. The van der Waals surface area contributed by atoms with Crippen molar-refractivity contribution in [2.75, 3.05) is 26.8 Å². The highest BCUT2D eigenvalue weighted by molar-refractivity contribution is 5.20. The van der Waals surface area contributed by atoms with Crippen LogP contribution in [0.15, 0.2) is 30.3 Å². The van der Waals surface area contributed by atoms with Gasteiger partial charge in [-0.2, -0.15) is 0 Å². The van der Waals surface area contributed by atoms with E-state index in [0.29, 0.717) is 12.0 Å². The zero-order valence-electron chi connectivity index (χ0n) is 12.1. The van der Waals surface area contributed by atoms with E-state index in [0.717, 1.165) is 26.1 Å². The molecule has 3 heteroatoms. The van der Waals surface area contributed by atoms with Crippen molar-refractivity contribution in [3.8, 4) is 0 Å². The number of rotatable bonds is 6. The fourth-order valence-corrected chi connectivity index (χ4v) is 3.17. The van der Waals surface area contributed by atoms with Crippen LogP contribution in [0.25, 0.3) is 0 Å². The van der Waals surface area contributed by atoms with Gasteiger partial charge in [0, 0.05) is 25.7 Å². The van der Waals surface area contributed by atoms with Crippen molar-refractivity contribution in [1.82, 2.24) is 4.90 Å². The Balaban J connectivity index is 2.00. The van der Waals surface area contributed by atoms with Crippen molar-refractivity contribution in [1.29, 1.82) is 0 Å². The van der Waals surface area contributed by atoms with Gasteiger partial charge in [0.1, 0.15) is 0 Å². The Morgan fingerprint density at radius 2 is 2.11 bits per heavy atom. The summed E-state index contributed by atoms with van der Waals surface area (Å²) in [7, 11) is 1.79. The summed E-state index contributed by atoms with van der Waals surface area (Å²) in [6, 6.07) is 11.0. The topological polar surface area (TPSA) is 38.5 Å². The molecule has 0 aliphatic carbocycles. The van der Waals surface area contributed by atoms with Crippen LogP contribution in [-0.4, -0.2) is 37.7 Å². The van der Waals surface area contributed by atoms with Crippen LogP contribution < -0.4 is 5.73 Å². The third-order valence-electron chi connectivity index (χ3n) is 4.21. The Kier molecular flexibility index (Phi) is 5.37. The number of hydrogen-bond donors (Lipinski definition) is 1. The third-order valence-corrected chi connectivity index (χ3v) is 4.21. The molecule has 2 rings (SSSR count). The number of likely N-dealkylation sites (tertiary alicyclic amines) is 1. The van der Waals surface area contributed by atoms with Gasteiger partial charge in [-0.1, -0.05) is 37.3 Å². The first kappa shape index (κ1) is 14.5. The van der Waals surface area contributed by atoms with Crippen LogP contribution in [0, 0.1) is 5.92 Å². The minimum atomic E-state index is 0.104. The van der Waals surface area contributed by atoms with Crippen LogP contribution in [0.3, 0.4) is 0 Å². The van der Waals surface area contributed by atoms with Gasteiger partial charge in [-0.15, -0.1) is 0 Å². The monoisotopic (exact) mass is 262 g/mol. The zero-order valence-corrected chi connectivity index (χ0v) is 12.1. The lowest BCUT2D eigenvalue weighted by molar-refractivity contribution is 0.141.